The highest BCUT2D eigenvalue weighted by Crippen LogP contribution is 2.36. The van der Waals surface area contributed by atoms with E-state index in [9.17, 15) is 4.79 Å². The molecule has 2 aliphatic heterocycles. The predicted molar refractivity (Wildman–Crippen MR) is 57.3 cm³/mol. The quantitative estimate of drug-likeness (QED) is 0.530. The highest BCUT2D eigenvalue weighted by Gasteiger charge is 2.42. The molecule has 2 fully saturated rings. The molecule has 0 aromatic rings. The van der Waals surface area contributed by atoms with Crippen molar-refractivity contribution in [3.8, 4) is 0 Å². The third-order valence-electron chi connectivity index (χ3n) is 3.35. The second-order valence-electron chi connectivity index (χ2n) is 4.32. The zero-order valence-electron chi connectivity index (χ0n) is 8.53. The van der Waals surface area contributed by atoms with Crippen LogP contribution in [0.1, 0.15) is 32.6 Å². The number of esters is 1. The molecule has 2 saturated heterocycles. The van der Waals surface area contributed by atoms with Gasteiger partial charge in [-0.15, -0.1) is 0 Å². The fourth-order valence-corrected chi connectivity index (χ4v) is 2.56. The minimum absolute atomic E-state index is 0.0163. The first-order valence-corrected chi connectivity index (χ1v) is 5.77. The summed E-state index contributed by atoms with van der Waals surface area (Å²) in [5.74, 6) is -0.0163. The van der Waals surface area contributed by atoms with Crippen molar-refractivity contribution >= 4 is 18.6 Å². The monoisotopic (exact) mass is 215 g/mol. The number of carbonyl (C=O) groups is 1. The van der Waals surface area contributed by atoms with Crippen molar-refractivity contribution in [2.24, 2.45) is 0 Å². The Morgan fingerprint density at radius 1 is 1.43 bits per heavy atom. The lowest BCUT2D eigenvalue weighted by molar-refractivity contribution is -0.151. The topological polar surface area (TPSA) is 29.5 Å². The molecule has 0 N–H and O–H groups in total. The Balaban J connectivity index is 1.92. The Hall–Kier alpha value is -0.220. The first-order chi connectivity index (χ1) is 6.61. The zero-order valence-corrected chi connectivity index (χ0v) is 9.43. The molecule has 0 amide bonds. The highest BCUT2D eigenvalue weighted by molar-refractivity contribution is 7.80. The molecule has 1 unspecified atom stereocenters. The van der Waals surface area contributed by atoms with Gasteiger partial charge >= 0.3 is 5.97 Å². The Kier molecular flexibility index (Phi) is 2.75. The third kappa shape index (κ3) is 1.91. The van der Waals surface area contributed by atoms with Crippen LogP contribution in [0.2, 0.25) is 0 Å². The smallest absolute Gasteiger partial charge is 0.306 e. The van der Waals surface area contributed by atoms with Gasteiger partial charge in [-0.1, -0.05) is 0 Å². The van der Waals surface area contributed by atoms with Gasteiger partial charge in [-0.25, -0.2) is 0 Å². The van der Waals surface area contributed by atoms with E-state index < -0.39 is 0 Å². The summed E-state index contributed by atoms with van der Waals surface area (Å²) in [6.07, 6.45) is 3.48. The number of likely N-dealkylation sites (tertiary alicyclic amines) is 1. The first kappa shape index (κ1) is 10.3. The number of nitrogens with zero attached hydrogens (tertiary/aromatic N) is 1. The lowest BCUT2D eigenvalue weighted by Gasteiger charge is -2.39. The number of rotatable bonds is 1. The molecule has 1 atom stereocenters. The van der Waals surface area contributed by atoms with Crippen molar-refractivity contribution < 1.29 is 9.53 Å². The van der Waals surface area contributed by atoms with Gasteiger partial charge in [0.15, 0.2) is 0 Å². The van der Waals surface area contributed by atoms with E-state index in [0.717, 1.165) is 32.4 Å². The Morgan fingerprint density at radius 2 is 2.07 bits per heavy atom. The van der Waals surface area contributed by atoms with E-state index >= 15 is 0 Å². The van der Waals surface area contributed by atoms with Crippen LogP contribution >= 0.6 is 12.6 Å². The largest absolute Gasteiger partial charge is 0.459 e. The van der Waals surface area contributed by atoms with Crippen LogP contribution in [-0.2, 0) is 9.53 Å². The average molecular weight is 215 g/mol. The number of thiol groups is 1. The number of carbonyl (C=O) groups excluding carboxylic acids is 1. The normalized spacial score (nSPS) is 29.1. The second kappa shape index (κ2) is 3.74. The van der Waals surface area contributed by atoms with Crippen LogP contribution in [0.4, 0.5) is 0 Å². The molecule has 0 aromatic heterocycles. The Bertz CT molecular complexity index is 234. The third-order valence-corrected chi connectivity index (χ3v) is 3.68. The Morgan fingerprint density at radius 3 is 2.50 bits per heavy atom. The van der Waals surface area contributed by atoms with E-state index in [4.69, 9.17) is 4.74 Å². The predicted octanol–water partition coefficient (Wildman–Crippen LogP) is 1.43. The molecule has 14 heavy (non-hydrogen) atoms. The zero-order chi connectivity index (χ0) is 10.2. The van der Waals surface area contributed by atoms with Crippen LogP contribution in [0.3, 0.4) is 0 Å². The van der Waals surface area contributed by atoms with E-state index in [1.165, 1.54) is 0 Å². The summed E-state index contributed by atoms with van der Waals surface area (Å²) >= 11 is 4.41. The summed E-state index contributed by atoms with van der Waals surface area (Å²) in [6.45, 7) is 4.08. The molecule has 0 saturated carbocycles. The van der Waals surface area contributed by atoms with Crippen LogP contribution in [0.15, 0.2) is 0 Å². The van der Waals surface area contributed by atoms with Gasteiger partial charge in [0.25, 0.3) is 0 Å². The molecule has 0 radical (unpaired) electrons. The van der Waals surface area contributed by atoms with Gasteiger partial charge in [0.2, 0.25) is 0 Å². The lowest BCUT2D eigenvalue weighted by atomic mass is 9.89. The van der Waals surface area contributed by atoms with Crippen molar-refractivity contribution in [1.82, 2.24) is 4.90 Å². The molecule has 4 heteroatoms. The second-order valence-corrected chi connectivity index (χ2v) is 5.07. The molecule has 2 rings (SSSR count). The van der Waals surface area contributed by atoms with Crippen LogP contribution < -0.4 is 0 Å². The molecule has 80 valence electrons. The fourth-order valence-electron chi connectivity index (χ4n) is 2.33. The molecule has 0 bridgehead atoms. The first-order valence-electron chi connectivity index (χ1n) is 5.25. The number of hydrogen-bond acceptors (Lipinski definition) is 4. The highest BCUT2D eigenvalue weighted by atomic mass is 32.1. The van der Waals surface area contributed by atoms with Crippen molar-refractivity contribution in [2.75, 3.05) is 13.1 Å². The SMILES string of the molecule is CC(S)N1CCC2(CCC(=O)O2)CC1. The van der Waals surface area contributed by atoms with Crippen molar-refractivity contribution in [2.45, 2.75) is 43.6 Å². The van der Waals surface area contributed by atoms with Crippen molar-refractivity contribution in [1.29, 1.82) is 0 Å². The minimum Gasteiger partial charge on any atom is -0.459 e. The Labute approximate surface area is 90.2 Å². The minimum atomic E-state index is -0.115. The van der Waals surface area contributed by atoms with Crippen LogP contribution in [0.25, 0.3) is 0 Å². The van der Waals surface area contributed by atoms with Gasteiger partial charge in [-0.2, -0.15) is 12.6 Å². The van der Waals surface area contributed by atoms with Gasteiger partial charge in [0.05, 0.1) is 0 Å². The molecule has 2 aliphatic rings. The summed E-state index contributed by atoms with van der Waals surface area (Å²) in [5, 5.41) is 0.310. The van der Waals surface area contributed by atoms with E-state index in [1.54, 1.807) is 0 Å². The molecule has 2 heterocycles. The maximum absolute atomic E-state index is 11.1. The summed E-state index contributed by atoms with van der Waals surface area (Å²) in [6, 6.07) is 0. The maximum atomic E-state index is 11.1. The molecular formula is C10H17NO2S. The molecule has 3 nitrogen and oxygen atoms in total. The van der Waals surface area contributed by atoms with Crippen LogP contribution in [0.5, 0.6) is 0 Å². The summed E-state index contributed by atoms with van der Waals surface area (Å²) in [7, 11) is 0. The van der Waals surface area contributed by atoms with Crippen LogP contribution in [0, 0.1) is 0 Å². The summed E-state index contributed by atoms with van der Waals surface area (Å²) in [5.41, 5.74) is -0.115. The lowest BCUT2D eigenvalue weighted by Crippen LogP contribution is -2.46. The van der Waals surface area contributed by atoms with Crippen molar-refractivity contribution in [3.63, 3.8) is 0 Å². The standard InChI is InChI=1S/C10H17NO2S/c1-8(14)11-6-4-10(5-7-11)3-2-9(12)13-10/h8,14H,2-7H2,1H3. The summed E-state index contributed by atoms with van der Waals surface area (Å²) in [4.78, 5) is 13.4. The molecule has 1 spiro atoms. The van der Waals surface area contributed by atoms with E-state index in [-0.39, 0.29) is 11.6 Å². The van der Waals surface area contributed by atoms with Crippen LogP contribution in [-0.4, -0.2) is 34.9 Å². The number of hydrogen-bond donors (Lipinski definition) is 1. The van der Waals surface area contributed by atoms with E-state index in [1.807, 2.05) is 0 Å². The molecular weight excluding hydrogens is 198 g/mol. The number of ether oxygens (including phenoxy) is 1. The average Bonchev–Trinajstić information content (AvgIpc) is 2.48. The van der Waals surface area contributed by atoms with E-state index in [0.29, 0.717) is 11.8 Å². The van der Waals surface area contributed by atoms with E-state index in [2.05, 4.69) is 24.5 Å². The van der Waals surface area contributed by atoms with Gasteiger partial charge < -0.3 is 4.74 Å². The van der Waals surface area contributed by atoms with Gasteiger partial charge in [0.1, 0.15) is 5.60 Å². The fraction of sp³-hybridized carbons (Fsp3) is 0.900. The molecule has 0 aromatic carbocycles. The summed E-state index contributed by atoms with van der Waals surface area (Å²) < 4.78 is 5.43. The molecule has 0 aliphatic carbocycles. The van der Waals surface area contributed by atoms with Gasteiger partial charge in [-0.05, 0) is 13.3 Å². The maximum Gasteiger partial charge on any atom is 0.306 e. The van der Waals surface area contributed by atoms with Crippen molar-refractivity contribution in [3.05, 3.63) is 0 Å². The van der Waals surface area contributed by atoms with Gasteiger partial charge in [0, 0.05) is 37.7 Å². The van der Waals surface area contributed by atoms with Gasteiger partial charge in [-0.3, -0.25) is 9.69 Å². The number of piperidine rings is 1.